The van der Waals surface area contributed by atoms with E-state index in [2.05, 4.69) is 25.2 Å². The van der Waals surface area contributed by atoms with Gasteiger partial charge in [-0.3, -0.25) is 14.6 Å². The Morgan fingerprint density at radius 1 is 1.16 bits per heavy atom. The number of aryl methyl sites for hydroxylation is 1. The van der Waals surface area contributed by atoms with E-state index in [1.54, 1.807) is 6.20 Å². The first-order valence-corrected chi connectivity index (χ1v) is 11.0. The number of anilines is 3. The van der Waals surface area contributed by atoms with Crippen molar-refractivity contribution in [3.8, 4) is 0 Å². The van der Waals surface area contributed by atoms with Crippen LogP contribution in [0.2, 0.25) is 0 Å². The van der Waals surface area contributed by atoms with E-state index >= 15 is 0 Å². The second kappa shape index (κ2) is 9.91. The van der Waals surface area contributed by atoms with E-state index in [0.29, 0.717) is 49.9 Å². The summed E-state index contributed by atoms with van der Waals surface area (Å²) in [6.45, 7) is 6.38. The highest BCUT2D eigenvalue weighted by molar-refractivity contribution is 5.93. The minimum atomic E-state index is -0.183. The van der Waals surface area contributed by atoms with E-state index in [1.165, 1.54) is 6.42 Å². The van der Waals surface area contributed by atoms with Crippen molar-refractivity contribution >= 4 is 23.4 Å². The molecule has 2 aromatic rings. The van der Waals surface area contributed by atoms with Crippen LogP contribution in [-0.2, 0) is 16.0 Å². The average molecular weight is 427 g/mol. The summed E-state index contributed by atoms with van der Waals surface area (Å²) in [4.78, 5) is 41.4. The van der Waals surface area contributed by atoms with Gasteiger partial charge >= 0.3 is 0 Å². The Bertz CT molecular complexity index is 964. The summed E-state index contributed by atoms with van der Waals surface area (Å²) in [5.74, 6) is 1.25. The number of carbonyl (C=O) groups is 1. The van der Waals surface area contributed by atoms with Gasteiger partial charge in [0.2, 0.25) is 11.9 Å². The third-order valence-corrected chi connectivity index (χ3v) is 5.84. The van der Waals surface area contributed by atoms with E-state index in [-0.39, 0.29) is 17.9 Å². The molecule has 1 amide bonds. The fourth-order valence-corrected chi connectivity index (χ4v) is 4.12. The summed E-state index contributed by atoms with van der Waals surface area (Å²) in [5, 5.41) is 2.98. The topological polar surface area (TPSA) is 103 Å². The summed E-state index contributed by atoms with van der Waals surface area (Å²) in [6.07, 6.45) is 5.81. The zero-order valence-electron chi connectivity index (χ0n) is 18.0. The Balaban J connectivity index is 1.40. The lowest BCUT2D eigenvalue weighted by atomic mass is 10.1. The molecule has 2 aliphatic rings. The number of carbonyl (C=O) groups excluding carboxylic acids is 1. The zero-order chi connectivity index (χ0) is 21.6. The van der Waals surface area contributed by atoms with Crippen LogP contribution >= 0.6 is 0 Å². The van der Waals surface area contributed by atoms with Gasteiger partial charge in [-0.05, 0) is 44.7 Å². The number of ether oxygens (including phenoxy) is 1. The highest BCUT2D eigenvalue weighted by atomic mass is 16.5. The first-order chi connectivity index (χ1) is 15.1. The van der Waals surface area contributed by atoms with Gasteiger partial charge in [0.1, 0.15) is 0 Å². The minimum Gasteiger partial charge on any atom is -0.378 e. The van der Waals surface area contributed by atoms with Crippen molar-refractivity contribution < 1.29 is 9.53 Å². The van der Waals surface area contributed by atoms with Gasteiger partial charge in [0.25, 0.3) is 5.56 Å². The molecule has 0 bridgehead atoms. The lowest BCUT2D eigenvalue weighted by Gasteiger charge is -2.29. The third-order valence-electron chi connectivity index (χ3n) is 5.84. The smallest absolute Gasteiger partial charge is 0.255 e. The van der Waals surface area contributed by atoms with Crippen LogP contribution in [0.25, 0.3) is 0 Å². The molecule has 2 fully saturated rings. The molecule has 9 nitrogen and oxygen atoms in total. The third kappa shape index (κ3) is 5.22. The highest BCUT2D eigenvalue weighted by Crippen LogP contribution is 2.26. The van der Waals surface area contributed by atoms with Gasteiger partial charge in [0.05, 0.1) is 18.9 Å². The number of hydrogen-bond acceptors (Lipinski definition) is 7. The van der Waals surface area contributed by atoms with E-state index < -0.39 is 0 Å². The average Bonchev–Trinajstić information content (AvgIpc) is 2.80. The Labute approximate surface area is 181 Å². The van der Waals surface area contributed by atoms with E-state index in [9.17, 15) is 9.59 Å². The summed E-state index contributed by atoms with van der Waals surface area (Å²) in [5.41, 5.74) is 1.75. The molecule has 2 aliphatic heterocycles. The van der Waals surface area contributed by atoms with Crippen LogP contribution in [-0.4, -0.2) is 60.3 Å². The predicted octanol–water partition coefficient (Wildman–Crippen LogP) is 1.87. The van der Waals surface area contributed by atoms with Crippen molar-refractivity contribution in [3.63, 3.8) is 0 Å². The van der Waals surface area contributed by atoms with Crippen LogP contribution in [0.15, 0.2) is 23.1 Å². The van der Waals surface area contributed by atoms with Crippen molar-refractivity contribution in [1.29, 1.82) is 0 Å². The predicted molar refractivity (Wildman–Crippen MR) is 120 cm³/mol. The quantitative estimate of drug-likeness (QED) is 0.727. The normalized spacial score (nSPS) is 16.9. The Morgan fingerprint density at radius 2 is 1.94 bits per heavy atom. The first-order valence-electron chi connectivity index (χ1n) is 11.0. The SMILES string of the molecule is Cc1nc(N2CCOCC2)[nH]c(=O)c1CCC(=O)Nc1cccnc1N1CCCCC1. The molecule has 0 aromatic carbocycles. The molecule has 0 aliphatic carbocycles. The van der Waals surface area contributed by atoms with E-state index in [0.717, 1.165) is 37.4 Å². The number of rotatable bonds is 6. The number of amides is 1. The fraction of sp³-hybridized carbons (Fsp3) is 0.545. The second-order valence-corrected chi connectivity index (χ2v) is 8.02. The number of nitrogens with one attached hydrogen (secondary N) is 2. The molecule has 4 heterocycles. The maximum atomic E-state index is 12.6. The number of morpholine rings is 1. The van der Waals surface area contributed by atoms with E-state index in [4.69, 9.17) is 4.74 Å². The number of nitrogens with zero attached hydrogens (tertiary/aromatic N) is 4. The second-order valence-electron chi connectivity index (χ2n) is 8.02. The molecule has 0 radical (unpaired) electrons. The van der Waals surface area contributed by atoms with Crippen LogP contribution in [0.3, 0.4) is 0 Å². The van der Waals surface area contributed by atoms with Crippen LogP contribution in [0.5, 0.6) is 0 Å². The number of pyridine rings is 1. The molecule has 0 saturated carbocycles. The molecule has 31 heavy (non-hydrogen) atoms. The van der Waals surface area contributed by atoms with Crippen LogP contribution in [0.1, 0.15) is 36.9 Å². The molecule has 2 saturated heterocycles. The summed E-state index contributed by atoms with van der Waals surface area (Å²) in [6, 6.07) is 3.71. The van der Waals surface area contributed by atoms with Crippen molar-refractivity contribution in [1.82, 2.24) is 15.0 Å². The summed E-state index contributed by atoms with van der Waals surface area (Å²) < 4.78 is 5.35. The maximum absolute atomic E-state index is 12.6. The van der Waals surface area contributed by atoms with Crippen molar-refractivity contribution in [2.75, 3.05) is 54.5 Å². The van der Waals surface area contributed by atoms with Gasteiger partial charge in [-0.25, -0.2) is 9.97 Å². The molecular formula is C22H30N6O3. The molecule has 2 N–H and O–H groups in total. The number of piperidine rings is 1. The Morgan fingerprint density at radius 3 is 2.68 bits per heavy atom. The Kier molecular flexibility index (Phi) is 6.81. The van der Waals surface area contributed by atoms with Crippen molar-refractivity contribution in [3.05, 3.63) is 39.9 Å². The van der Waals surface area contributed by atoms with Gasteiger partial charge in [-0.1, -0.05) is 0 Å². The van der Waals surface area contributed by atoms with E-state index in [1.807, 2.05) is 24.0 Å². The number of aromatic amines is 1. The number of hydrogen-bond donors (Lipinski definition) is 2. The number of H-pyrrole nitrogens is 1. The van der Waals surface area contributed by atoms with Crippen molar-refractivity contribution in [2.24, 2.45) is 0 Å². The molecule has 0 atom stereocenters. The summed E-state index contributed by atoms with van der Waals surface area (Å²) >= 11 is 0. The first kappa shape index (κ1) is 21.3. The minimum absolute atomic E-state index is 0.137. The fourth-order valence-electron chi connectivity index (χ4n) is 4.12. The highest BCUT2D eigenvalue weighted by Gasteiger charge is 2.19. The van der Waals surface area contributed by atoms with Gasteiger partial charge < -0.3 is 19.9 Å². The molecule has 0 unspecified atom stereocenters. The molecule has 0 spiro atoms. The Hall–Kier alpha value is -2.94. The van der Waals surface area contributed by atoms with Crippen molar-refractivity contribution in [2.45, 2.75) is 39.0 Å². The van der Waals surface area contributed by atoms with Gasteiger partial charge in [-0.2, -0.15) is 0 Å². The van der Waals surface area contributed by atoms with Crippen LogP contribution < -0.4 is 20.7 Å². The van der Waals surface area contributed by atoms with Gasteiger partial charge in [-0.15, -0.1) is 0 Å². The van der Waals surface area contributed by atoms with Crippen LogP contribution in [0, 0.1) is 6.92 Å². The zero-order valence-corrected chi connectivity index (χ0v) is 18.0. The lowest BCUT2D eigenvalue weighted by Crippen LogP contribution is -2.38. The molecular weight excluding hydrogens is 396 g/mol. The molecule has 2 aromatic heterocycles. The van der Waals surface area contributed by atoms with Gasteiger partial charge in [0, 0.05) is 50.1 Å². The lowest BCUT2D eigenvalue weighted by molar-refractivity contribution is -0.116. The largest absolute Gasteiger partial charge is 0.378 e. The molecule has 4 rings (SSSR count). The number of aromatic nitrogens is 3. The molecule has 166 valence electrons. The standard InChI is InChI=1S/C22H30N6O3/c1-16-17(21(30)26-22(24-16)28-12-14-31-15-13-28)7-8-19(29)25-18-6-5-9-23-20(18)27-10-3-2-4-11-27/h5-6,9H,2-4,7-8,10-15H2,1H3,(H,25,29)(H,24,26,30). The maximum Gasteiger partial charge on any atom is 0.255 e. The molecule has 9 heteroatoms. The van der Waals surface area contributed by atoms with Crippen LogP contribution in [0.4, 0.5) is 17.5 Å². The summed E-state index contributed by atoms with van der Waals surface area (Å²) in [7, 11) is 0. The monoisotopic (exact) mass is 426 g/mol. The van der Waals surface area contributed by atoms with Gasteiger partial charge in [0.15, 0.2) is 5.82 Å².